The number of hydrogen-bond donors (Lipinski definition) is 2. The van der Waals surface area contributed by atoms with Gasteiger partial charge in [-0.05, 0) is 12.8 Å². The topological polar surface area (TPSA) is 66.0 Å². The maximum atomic E-state index is 10.3. The van der Waals surface area contributed by atoms with Crippen LogP contribution in [-0.2, 0) is 11.2 Å². The summed E-state index contributed by atoms with van der Waals surface area (Å²) in [6.07, 6.45) is 14.3. The molecule has 1 aromatic heterocycles. The van der Waals surface area contributed by atoms with E-state index < -0.39 is 5.97 Å². The number of aromatic nitrogens is 2. The monoisotopic (exact) mass is 252 g/mol. The molecular weight excluding hydrogens is 228 g/mol. The quantitative estimate of drug-likeness (QED) is 0.592. The molecule has 1 heterocycles. The van der Waals surface area contributed by atoms with Gasteiger partial charge in [-0.1, -0.05) is 38.5 Å². The number of H-pyrrole nitrogens is 1. The fourth-order valence-electron chi connectivity index (χ4n) is 2.06. The smallest absolute Gasteiger partial charge is 0.303 e. The van der Waals surface area contributed by atoms with Crippen LogP contribution in [0, 0.1) is 0 Å². The summed E-state index contributed by atoms with van der Waals surface area (Å²) in [5.74, 6) is 0.414. The molecule has 0 aliphatic carbocycles. The number of carboxylic acid groups (broad SMARTS) is 1. The molecule has 4 nitrogen and oxygen atoms in total. The zero-order chi connectivity index (χ0) is 13.1. The first kappa shape index (κ1) is 14.7. The minimum absolute atomic E-state index is 0.323. The van der Waals surface area contributed by atoms with E-state index in [4.69, 9.17) is 5.11 Å². The van der Waals surface area contributed by atoms with Crippen molar-refractivity contribution in [2.75, 3.05) is 0 Å². The van der Waals surface area contributed by atoms with E-state index in [0.717, 1.165) is 25.1 Å². The first-order chi connectivity index (χ1) is 8.79. The first-order valence-corrected chi connectivity index (χ1v) is 6.99. The molecule has 0 bridgehead atoms. The molecule has 0 atom stereocenters. The summed E-state index contributed by atoms with van der Waals surface area (Å²) in [6, 6.07) is 0. The molecular formula is C14H24N2O2. The molecule has 0 unspecified atom stereocenters. The van der Waals surface area contributed by atoms with Gasteiger partial charge in [-0.2, -0.15) is 0 Å². The molecule has 0 amide bonds. The van der Waals surface area contributed by atoms with Gasteiger partial charge in [0.05, 0.1) is 0 Å². The van der Waals surface area contributed by atoms with Crippen molar-refractivity contribution in [3.05, 3.63) is 18.2 Å². The van der Waals surface area contributed by atoms with E-state index in [1.165, 1.54) is 38.5 Å². The van der Waals surface area contributed by atoms with Gasteiger partial charge in [-0.3, -0.25) is 4.79 Å². The summed E-state index contributed by atoms with van der Waals surface area (Å²) in [5, 5.41) is 8.48. The summed E-state index contributed by atoms with van der Waals surface area (Å²) in [5.41, 5.74) is 0. The lowest BCUT2D eigenvalue weighted by atomic mass is 10.1. The maximum absolute atomic E-state index is 10.3. The third-order valence-corrected chi connectivity index (χ3v) is 3.11. The molecule has 0 saturated carbocycles. The zero-order valence-electron chi connectivity index (χ0n) is 11.0. The van der Waals surface area contributed by atoms with Crippen LogP contribution in [0.15, 0.2) is 12.4 Å². The number of nitrogens with one attached hydrogen (secondary N) is 1. The molecule has 0 spiro atoms. The molecule has 102 valence electrons. The second-order valence-corrected chi connectivity index (χ2v) is 4.76. The van der Waals surface area contributed by atoms with Crippen molar-refractivity contribution in [3.63, 3.8) is 0 Å². The van der Waals surface area contributed by atoms with Gasteiger partial charge in [-0.15, -0.1) is 0 Å². The predicted molar refractivity (Wildman–Crippen MR) is 71.5 cm³/mol. The highest BCUT2D eigenvalue weighted by molar-refractivity contribution is 5.66. The van der Waals surface area contributed by atoms with Gasteiger partial charge >= 0.3 is 5.97 Å². The number of hydrogen-bond acceptors (Lipinski definition) is 2. The Kier molecular flexibility index (Phi) is 7.93. The number of imidazole rings is 1. The van der Waals surface area contributed by atoms with E-state index >= 15 is 0 Å². The number of nitrogens with zero attached hydrogens (tertiary/aromatic N) is 1. The standard InChI is InChI=1S/C14H24N2O2/c17-14(18)10-8-6-4-2-1-3-5-7-9-13-15-11-12-16-13/h11-12H,1-10H2,(H,15,16)(H,17,18). The van der Waals surface area contributed by atoms with Crippen LogP contribution >= 0.6 is 0 Å². The van der Waals surface area contributed by atoms with Crippen LogP contribution in [0.5, 0.6) is 0 Å². The summed E-state index contributed by atoms with van der Waals surface area (Å²) < 4.78 is 0. The molecule has 1 aromatic rings. The van der Waals surface area contributed by atoms with Crippen LogP contribution < -0.4 is 0 Å². The average molecular weight is 252 g/mol. The number of rotatable bonds is 11. The van der Waals surface area contributed by atoms with Gasteiger partial charge in [0.2, 0.25) is 0 Å². The Morgan fingerprint density at radius 2 is 1.67 bits per heavy atom. The van der Waals surface area contributed by atoms with E-state index in [-0.39, 0.29) is 0 Å². The molecule has 0 aliphatic heterocycles. The van der Waals surface area contributed by atoms with Crippen molar-refractivity contribution in [1.82, 2.24) is 9.97 Å². The van der Waals surface area contributed by atoms with Gasteiger partial charge in [0, 0.05) is 25.2 Å². The van der Waals surface area contributed by atoms with E-state index in [2.05, 4.69) is 9.97 Å². The third-order valence-electron chi connectivity index (χ3n) is 3.11. The maximum Gasteiger partial charge on any atom is 0.303 e. The Morgan fingerprint density at radius 1 is 1.06 bits per heavy atom. The van der Waals surface area contributed by atoms with Crippen LogP contribution in [0.1, 0.15) is 63.6 Å². The molecule has 0 radical (unpaired) electrons. The molecule has 2 N–H and O–H groups in total. The summed E-state index contributed by atoms with van der Waals surface area (Å²) in [6.45, 7) is 0. The highest BCUT2D eigenvalue weighted by Gasteiger charge is 1.97. The van der Waals surface area contributed by atoms with E-state index in [1.807, 2.05) is 6.20 Å². The van der Waals surface area contributed by atoms with E-state index in [9.17, 15) is 4.79 Å². The molecule has 0 aromatic carbocycles. The Bertz CT molecular complexity index is 310. The lowest BCUT2D eigenvalue weighted by Gasteiger charge is -2.01. The summed E-state index contributed by atoms with van der Waals surface area (Å²) in [7, 11) is 0. The molecule has 1 rings (SSSR count). The number of aromatic amines is 1. The summed E-state index contributed by atoms with van der Waals surface area (Å²) >= 11 is 0. The molecule has 4 heteroatoms. The van der Waals surface area contributed by atoms with Crippen molar-refractivity contribution in [2.24, 2.45) is 0 Å². The highest BCUT2D eigenvalue weighted by atomic mass is 16.4. The Balaban J connectivity index is 1.77. The fourth-order valence-corrected chi connectivity index (χ4v) is 2.06. The number of unbranched alkanes of at least 4 members (excludes halogenated alkanes) is 7. The third kappa shape index (κ3) is 7.87. The molecule has 0 fully saturated rings. The van der Waals surface area contributed by atoms with Crippen LogP contribution in [0.3, 0.4) is 0 Å². The number of aliphatic carboxylic acids is 1. The minimum Gasteiger partial charge on any atom is -0.481 e. The van der Waals surface area contributed by atoms with Gasteiger partial charge in [-0.25, -0.2) is 4.98 Å². The van der Waals surface area contributed by atoms with Crippen LogP contribution in [0.25, 0.3) is 0 Å². The molecule has 18 heavy (non-hydrogen) atoms. The summed E-state index contributed by atoms with van der Waals surface area (Å²) in [4.78, 5) is 17.6. The highest BCUT2D eigenvalue weighted by Crippen LogP contribution is 2.10. The Morgan fingerprint density at radius 3 is 2.22 bits per heavy atom. The molecule has 0 aliphatic rings. The van der Waals surface area contributed by atoms with Crippen molar-refractivity contribution in [3.8, 4) is 0 Å². The van der Waals surface area contributed by atoms with Gasteiger partial charge in [0.15, 0.2) is 0 Å². The van der Waals surface area contributed by atoms with Gasteiger partial charge in [0.1, 0.15) is 5.82 Å². The average Bonchev–Trinajstić information content (AvgIpc) is 2.84. The van der Waals surface area contributed by atoms with Crippen LogP contribution in [-0.4, -0.2) is 21.0 Å². The van der Waals surface area contributed by atoms with Gasteiger partial charge in [0.25, 0.3) is 0 Å². The van der Waals surface area contributed by atoms with E-state index in [0.29, 0.717) is 6.42 Å². The van der Waals surface area contributed by atoms with Gasteiger partial charge < -0.3 is 10.1 Å². The predicted octanol–water partition coefficient (Wildman–Crippen LogP) is 3.55. The fraction of sp³-hybridized carbons (Fsp3) is 0.714. The SMILES string of the molecule is O=C(O)CCCCCCCCCCc1ncc[nH]1. The van der Waals surface area contributed by atoms with Crippen molar-refractivity contribution < 1.29 is 9.90 Å². The molecule has 0 saturated heterocycles. The largest absolute Gasteiger partial charge is 0.481 e. The zero-order valence-corrected chi connectivity index (χ0v) is 11.0. The normalized spacial score (nSPS) is 10.7. The second-order valence-electron chi connectivity index (χ2n) is 4.76. The number of aryl methyl sites for hydroxylation is 1. The van der Waals surface area contributed by atoms with Crippen LogP contribution in [0.2, 0.25) is 0 Å². The number of carboxylic acids is 1. The minimum atomic E-state index is -0.673. The Hall–Kier alpha value is -1.32. The van der Waals surface area contributed by atoms with Crippen molar-refractivity contribution in [1.29, 1.82) is 0 Å². The Labute approximate surface area is 109 Å². The first-order valence-electron chi connectivity index (χ1n) is 6.99. The lowest BCUT2D eigenvalue weighted by molar-refractivity contribution is -0.137. The van der Waals surface area contributed by atoms with E-state index in [1.54, 1.807) is 6.20 Å². The second kappa shape index (κ2) is 9.68. The lowest BCUT2D eigenvalue weighted by Crippen LogP contribution is -1.93. The number of carbonyl (C=O) groups is 1. The van der Waals surface area contributed by atoms with Crippen molar-refractivity contribution >= 4 is 5.97 Å². The van der Waals surface area contributed by atoms with Crippen molar-refractivity contribution in [2.45, 2.75) is 64.2 Å². The van der Waals surface area contributed by atoms with Crippen LogP contribution in [0.4, 0.5) is 0 Å².